The van der Waals surface area contributed by atoms with Crippen LogP contribution in [0.15, 0.2) is 18.2 Å². The zero-order valence-electron chi connectivity index (χ0n) is 11.4. The summed E-state index contributed by atoms with van der Waals surface area (Å²) >= 11 is 2.33. The van der Waals surface area contributed by atoms with Gasteiger partial charge in [0.25, 0.3) is 0 Å². The van der Waals surface area contributed by atoms with Gasteiger partial charge in [-0.25, -0.2) is 0 Å². The summed E-state index contributed by atoms with van der Waals surface area (Å²) in [6, 6.07) is 6.18. The Kier molecular flexibility index (Phi) is 6.96. The van der Waals surface area contributed by atoms with Crippen LogP contribution in [-0.2, 0) is 0 Å². The first-order valence-corrected chi connectivity index (χ1v) is 7.55. The van der Waals surface area contributed by atoms with Gasteiger partial charge < -0.3 is 15.3 Å². The van der Waals surface area contributed by atoms with Gasteiger partial charge in [-0.05, 0) is 60.3 Å². The van der Waals surface area contributed by atoms with Crippen molar-refractivity contribution in [2.75, 3.05) is 31.5 Å². The minimum Gasteiger partial charge on any atom is -0.390 e. The van der Waals surface area contributed by atoms with Crippen molar-refractivity contribution in [3.8, 4) is 0 Å². The van der Waals surface area contributed by atoms with Gasteiger partial charge in [0, 0.05) is 22.3 Å². The molecule has 0 aliphatic carbocycles. The van der Waals surface area contributed by atoms with Crippen LogP contribution in [0.5, 0.6) is 0 Å². The molecular weight excluding hydrogens is 339 g/mol. The summed E-state index contributed by atoms with van der Waals surface area (Å²) in [7, 11) is 0. The summed E-state index contributed by atoms with van der Waals surface area (Å²) in [5, 5.41) is 13.3. The van der Waals surface area contributed by atoms with Crippen LogP contribution in [0.3, 0.4) is 0 Å². The van der Waals surface area contributed by atoms with Crippen molar-refractivity contribution < 1.29 is 5.11 Å². The molecule has 0 spiro atoms. The Labute approximate surface area is 124 Å². The zero-order valence-corrected chi connectivity index (χ0v) is 13.6. The molecule has 1 unspecified atom stereocenters. The topological polar surface area (TPSA) is 35.5 Å². The van der Waals surface area contributed by atoms with Gasteiger partial charge in [0.2, 0.25) is 0 Å². The Hall–Kier alpha value is -0.330. The number of rotatable bonds is 7. The maximum absolute atomic E-state index is 10.00. The van der Waals surface area contributed by atoms with Crippen molar-refractivity contribution in [3.05, 3.63) is 27.3 Å². The molecule has 1 aromatic rings. The molecule has 0 aliphatic rings. The highest BCUT2D eigenvalue weighted by Gasteiger charge is 2.09. The van der Waals surface area contributed by atoms with Gasteiger partial charge in [0.05, 0.1) is 6.10 Å². The average Bonchev–Trinajstić information content (AvgIpc) is 2.37. The van der Waals surface area contributed by atoms with E-state index in [1.165, 1.54) is 9.13 Å². The SMILES string of the molecule is CCN(CC)CC(O)CNc1cccc(I)c1C. The number of aliphatic hydroxyl groups excluding tert-OH is 1. The molecule has 0 saturated heterocycles. The van der Waals surface area contributed by atoms with Crippen LogP contribution in [0.2, 0.25) is 0 Å². The highest BCUT2D eigenvalue weighted by atomic mass is 127. The number of nitrogens with zero attached hydrogens (tertiary/aromatic N) is 1. The maximum atomic E-state index is 10.00. The first-order valence-electron chi connectivity index (χ1n) is 6.47. The quantitative estimate of drug-likeness (QED) is 0.733. The Morgan fingerprint density at radius 1 is 1.33 bits per heavy atom. The fraction of sp³-hybridized carbons (Fsp3) is 0.571. The molecule has 0 bridgehead atoms. The molecular formula is C14H23IN2O. The highest BCUT2D eigenvalue weighted by molar-refractivity contribution is 14.1. The number of halogens is 1. The lowest BCUT2D eigenvalue weighted by Crippen LogP contribution is -2.36. The van der Waals surface area contributed by atoms with Crippen LogP contribution in [0, 0.1) is 10.5 Å². The molecule has 1 atom stereocenters. The summed E-state index contributed by atoms with van der Waals surface area (Å²) in [6.45, 7) is 9.62. The summed E-state index contributed by atoms with van der Waals surface area (Å²) < 4.78 is 1.25. The third kappa shape index (κ3) is 4.74. The molecule has 102 valence electrons. The van der Waals surface area contributed by atoms with Crippen LogP contribution in [0.1, 0.15) is 19.4 Å². The fourth-order valence-corrected chi connectivity index (χ4v) is 2.37. The lowest BCUT2D eigenvalue weighted by molar-refractivity contribution is 0.128. The first kappa shape index (κ1) is 15.7. The van der Waals surface area contributed by atoms with Crippen LogP contribution < -0.4 is 5.32 Å². The van der Waals surface area contributed by atoms with Crippen LogP contribution >= 0.6 is 22.6 Å². The molecule has 0 radical (unpaired) electrons. The number of aliphatic hydroxyl groups is 1. The predicted molar refractivity (Wildman–Crippen MR) is 86.2 cm³/mol. The molecule has 0 heterocycles. The zero-order chi connectivity index (χ0) is 13.5. The number of nitrogens with one attached hydrogen (secondary N) is 1. The number of anilines is 1. The van der Waals surface area contributed by atoms with Gasteiger partial charge in [-0.15, -0.1) is 0 Å². The van der Waals surface area contributed by atoms with Crippen molar-refractivity contribution >= 4 is 28.3 Å². The third-order valence-corrected chi connectivity index (χ3v) is 4.33. The van der Waals surface area contributed by atoms with E-state index < -0.39 is 0 Å². The highest BCUT2D eigenvalue weighted by Crippen LogP contribution is 2.20. The Balaban J connectivity index is 2.47. The number of likely N-dealkylation sites (N-methyl/N-ethyl adjacent to an activating group) is 1. The molecule has 0 saturated carbocycles. The Morgan fingerprint density at radius 2 is 2.00 bits per heavy atom. The number of hydrogen-bond donors (Lipinski definition) is 2. The standard InChI is InChI=1S/C14H23IN2O/c1-4-17(5-2)10-12(18)9-16-14-8-6-7-13(15)11(14)3/h6-8,12,16,18H,4-5,9-10H2,1-3H3. The Morgan fingerprint density at radius 3 is 2.61 bits per heavy atom. The summed E-state index contributed by atoms with van der Waals surface area (Å²) in [5.74, 6) is 0. The van der Waals surface area contributed by atoms with Crippen molar-refractivity contribution in [2.24, 2.45) is 0 Å². The number of hydrogen-bond acceptors (Lipinski definition) is 3. The van der Waals surface area contributed by atoms with Crippen molar-refractivity contribution in [1.82, 2.24) is 4.90 Å². The van der Waals surface area contributed by atoms with Crippen molar-refractivity contribution in [1.29, 1.82) is 0 Å². The van der Waals surface area contributed by atoms with E-state index in [9.17, 15) is 5.11 Å². The van der Waals surface area contributed by atoms with Gasteiger partial charge in [0.1, 0.15) is 0 Å². The lowest BCUT2D eigenvalue weighted by atomic mass is 10.2. The second kappa shape index (κ2) is 7.96. The third-order valence-electron chi connectivity index (χ3n) is 3.16. The lowest BCUT2D eigenvalue weighted by Gasteiger charge is -2.22. The van der Waals surface area contributed by atoms with Gasteiger partial charge in [-0.1, -0.05) is 19.9 Å². The van der Waals surface area contributed by atoms with Crippen LogP contribution in [0.4, 0.5) is 5.69 Å². The second-order valence-electron chi connectivity index (χ2n) is 4.43. The summed E-state index contributed by atoms with van der Waals surface area (Å²) in [5.41, 5.74) is 2.36. The molecule has 1 rings (SSSR count). The minimum absolute atomic E-state index is 0.331. The average molecular weight is 362 g/mol. The molecule has 0 amide bonds. The monoisotopic (exact) mass is 362 g/mol. The van der Waals surface area contributed by atoms with Crippen molar-refractivity contribution in [3.63, 3.8) is 0 Å². The van der Waals surface area contributed by atoms with E-state index in [4.69, 9.17) is 0 Å². The smallest absolute Gasteiger partial charge is 0.0839 e. The van der Waals surface area contributed by atoms with E-state index in [2.05, 4.69) is 65.7 Å². The first-order chi connectivity index (χ1) is 8.58. The molecule has 0 aromatic heterocycles. The molecule has 1 aromatic carbocycles. The van der Waals surface area contributed by atoms with Gasteiger partial charge >= 0.3 is 0 Å². The normalized spacial score (nSPS) is 12.8. The van der Waals surface area contributed by atoms with E-state index in [1.807, 2.05) is 6.07 Å². The van der Waals surface area contributed by atoms with Gasteiger partial charge in [-0.2, -0.15) is 0 Å². The predicted octanol–water partition coefficient (Wildman–Crippen LogP) is 2.71. The Bertz CT molecular complexity index is 367. The van der Waals surface area contributed by atoms with E-state index in [-0.39, 0.29) is 6.10 Å². The van der Waals surface area contributed by atoms with E-state index in [1.54, 1.807) is 0 Å². The molecule has 3 nitrogen and oxygen atoms in total. The van der Waals surface area contributed by atoms with Crippen LogP contribution in [0.25, 0.3) is 0 Å². The van der Waals surface area contributed by atoms with E-state index >= 15 is 0 Å². The molecule has 2 N–H and O–H groups in total. The minimum atomic E-state index is -0.331. The second-order valence-corrected chi connectivity index (χ2v) is 5.60. The maximum Gasteiger partial charge on any atom is 0.0839 e. The van der Waals surface area contributed by atoms with Gasteiger partial charge in [0.15, 0.2) is 0 Å². The molecule has 4 heteroatoms. The number of benzene rings is 1. The molecule has 18 heavy (non-hydrogen) atoms. The van der Waals surface area contributed by atoms with Crippen molar-refractivity contribution in [2.45, 2.75) is 26.9 Å². The van der Waals surface area contributed by atoms with Crippen LogP contribution in [-0.4, -0.2) is 42.3 Å². The molecule has 0 aliphatic heterocycles. The van der Waals surface area contributed by atoms with E-state index in [0.717, 1.165) is 25.3 Å². The summed E-state index contributed by atoms with van der Waals surface area (Å²) in [4.78, 5) is 2.23. The largest absolute Gasteiger partial charge is 0.390 e. The fourth-order valence-electron chi connectivity index (χ4n) is 1.87. The van der Waals surface area contributed by atoms with Gasteiger partial charge in [-0.3, -0.25) is 0 Å². The van der Waals surface area contributed by atoms with E-state index in [0.29, 0.717) is 6.54 Å². The summed E-state index contributed by atoms with van der Waals surface area (Å²) in [6.07, 6.45) is -0.331. The molecule has 0 fully saturated rings.